The number of nitrogens with one attached hydrogen (secondary N) is 1. The Labute approximate surface area is 122 Å². The van der Waals surface area contributed by atoms with Crippen molar-refractivity contribution in [1.82, 2.24) is 10.2 Å². The molecule has 1 aliphatic rings. The molecule has 0 aromatic heterocycles. The predicted octanol–water partition coefficient (Wildman–Crippen LogP) is 1.12. The van der Waals surface area contributed by atoms with Crippen LogP contribution in [0.2, 0.25) is 0 Å². The Bertz CT molecular complexity index is 321. The van der Waals surface area contributed by atoms with Gasteiger partial charge in [-0.25, -0.2) is 0 Å². The molecule has 2 amide bonds. The van der Waals surface area contributed by atoms with E-state index in [0.29, 0.717) is 25.6 Å². The van der Waals surface area contributed by atoms with E-state index in [1.807, 2.05) is 13.8 Å². The highest BCUT2D eigenvalue weighted by Gasteiger charge is 2.28. The molecule has 0 bridgehead atoms. The molecule has 5 nitrogen and oxygen atoms in total. The van der Waals surface area contributed by atoms with Gasteiger partial charge in [0, 0.05) is 19.0 Å². The predicted molar refractivity (Wildman–Crippen MR) is 80.0 cm³/mol. The molecule has 1 atom stereocenters. The molecule has 0 spiro atoms. The van der Waals surface area contributed by atoms with Crippen LogP contribution in [-0.4, -0.2) is 42.4 Å². The van der Waals surface area contributed by atoms with Gasteiger partial charge in [-0.05, 0) is 58.9 Å². The number of nitrogens with zero attached hydrogens (tertiary/aromatic N) is 1. The minimum atomic E-state index is -0.436. The Kier molecular flexibility index (Phi) is 6.99. The fourth-order valence-electron chi connectivity index (χ4n) is 2.86. The largest absolute Gasteiger partial charge is 0.344 e. The van der Waals surface area contributed by atoms with E-state index in [2.05, 4.69) is 5.32 Å². The molecule has 0 heterocycles. The Morgan fingerprint density at radius 3 is 2.20 bits per heavy atom. The number of likely N-dealkylation sites (N-methyl/N-ethyl adjacent to an activating group) is 1. The zero-order valence-electron chi connectivity index (χ0n) is 13.0. The normalized spacial score (nSPS) is 24.0. The third-order valence-electron chi connectivity index (χ3n) is 4.36. The average Bonchev–Trinajstić information content (AvgIpc) is 2.48. The van der Waals surface area contributed by atoms with E-state index in [-0.39, 0.29) is 17.7 Å². The first-order chi connectivity index (χ1) is 9.53. The molecule has 1 fully saturated rings. The minimum absolute atomic E-state index is 0.000931. The number of carbonyl (C=O) groups excluding carboxylic acids is 2. The van der Waals surface area contributed by atoms with Crippen molar-refractivity contribution in [3.63, 3.8) is 0 Å². The maximum atomic E-state index is 12.2. The van der Waals surface area contributed by atoms with Crippen LogP contribution in [0.3, 0.4) is 0 Å². The van der Waals surface area contributed by atoms with Crippen LogP contribution in [0.5, 0.6) is 0 Å². The number of hydrogen-bond donors (Lipinski definition) is 2. The van der Waals surface area contributed by atoms with Crippen molar-refractivity contribution in [3.8, 4) is 0 Å². The van der Waals surface area contributed by atoms with Crippen LogP contribution in [0.15, 0.2) is 0 Å². The number of amides is 2. The van der Waals surface area contributed by atoms with E-state index < -0.39 is 6.04 Å². The quantitative estimate of drug-likeness (QED) is 0.767. The minimum Gasteiger partial charge on any atom is -0.344 e. The van der Waals surface area contributed by atoms with Crippen LogP contribution in [0.1, 0.15) is 46.5 Å². The second kappa shape index (κ2) is 8.25. The Morgan fingerprint density at radius 2 is 1.75 bits per heavy atom. The number of rotatable bonds is 6. The van der Waals surface area contributed by atoms with Gasteiger partial charge in [0.1, 0.15) is 6.04 Å². The highest BCUT2D eigenvalue weighted by molar-refractivity contribution is 5.88. The van der Waals surface area contributed by atoms with Gasteiger partial charge in [-0.15, -0.1) is 0 Å². The molecular weight excluding hydrogens is 254 g/mol. The zero-order chi connectivity index (χ0) is 15.1. The van der Waals surface area contributed by atoms with Gasteiger partial charge in [-0.2, -0.15) is 0 Å². The van der Waals surface area contributed by atoms with Crippen molar-refractivity contribution in [2.75, 3.05) is 19.6 Å². The first kappa shape index (κ1) is 17.0. The summed E-state index contributed by atoms with van der Waals surface area (Å²) >= 11 is 0. The van der Waals surface area contributed by atoms with Gasteiger partial charge in [0.25, 0.3) is 0 Å². The van der Waals surface area contributed by atoms with Crippen molar-refractivity contribution in [1.29, 1.82) is 0 Å². The topological polar surface area (TPSA) is 75.4 Å². The Hall–Kier alpha value is -1.10. The van der Waals surface area contributed by atoms with Gasteiger partial charge < -0.3 is 16.0 Å². The third-order valence-corrected chi connectivity index (χ3v) is 4.36. The van der Waals surface area contributed by atoms with Crippen molar-refractivity contribution < 1.29 is 9.59 Å². The molecule has 3 N–H and O–H groups in total. The molecule has 1 saturated carbocycles. The third kappa shape index (κ3) is 4.47. The lowest BCUT2D eigenvalue weighted by molar-refractivity contribution is -0.137. The molecule has 0 saturated heterocycles. The summed E-state index contributed by atoms with van der Waals surface area (Å²) in [5.74, 6) is 0.631. The Morgan fingerprint density at radius 1 is 1.20 bits per heavy atom. The molecule has 1 unspecified atom stereocenters. The van der Waals surface area contributed by atoms with Crippen molar-refractivity contribution in [2.45, 2.75) is 52.5 Å². The van der Waals surface area contributed by atoms with Gasteiger partial charge in [-0.1, -0.05) is 0 Å². The highest BCUT2D eigenvalue weighted by Crippen LogP contribution is 2.28. The second-order valence-electron chi connectivity index (χ2n) is 5.69. The maximum Gasteiger partial charge on any atom is 0.244 e. The zero-order valence-corrected chi connectivity index (χ0v) is 13.0. The molecule has 1 aliphatic carbocycles. The average molecular weight is 283 g/mol. The van der Waals surface area contributed by atoms with E-state index in [1.165, 1.54) is 0 Å². The van der Waals surface area contributed by atoms with Crippen molar-refractivity contribution >= 4 is 11.8 Å². The van der Waals surface area contributed by atoms with E-state index in [1.54, 1.807) is 11.8 Å². The summed E-state index contributed by atoms with van der Waals surface area (Å²) in [5.41, 5.74) is 5.66. The van der Waals surface area contributed by atoms with E-state index in [0.717, 1.165) is 25.7 Å². The summed E-state index contributed by atoms with van der Waals surface area (Å²) in [6, 6.07) is -0.436. The fraction of sp³-hybridized carbons (Fsp3) is 0.867. The second-order valence-corrected chi connectivity index (χ2v) is 5.69. The van der Waals surface area contributed by atoms with Crippen LogP contribution in [0, 0.1) is 11.8 Å². The molecule has 0 aromatic carbocycles. The highest BCUT2D eigenvalue weighted by atomic mass is 16.2. The molecule has 1 rings (SSSR count). The van der Waals surface area contributed by atoms with Crippen LogP contribution < -0.4 is 11.1 Å². The van der Waals surface area contributed by atoms with Crippen LogP contribution in [0.25, 0.3) is 0 Å². The lowest BCUT2D eigenvalue weighted by Crippen LogP contribution is -2.48. The van der Waals surface area contributed by atoms with Gasteiger partial charge in [0.15, 0.2) is 0 Å². The summed E-state index contributed by atoms with van der Waals surface area (Å²) < 4.78 is 0. The summed E-state index contributed by atoms with van der Waals surface area (Å²) in [6.07, 6.45) is 3.82. The fourth-order valence-corrected chi connectivity index (χ4v) is 2.86. The van der Waals surface area contributed by atoms with E-state index >= 15 is 0 Å². The van der Waals surface area contributed by atoms with Crippen LogP contribution in [0.4, 0.5) is 0 Å². The number of hydrogen-bond acceptors (Lipinski definition) is 3. The lowest BCUT2D eigenvalue weighted by atomic mass is 9.81. The number of carbonyl (C=O) groups is 2. The van der Waals surface area contributed by atoms with Crippen LogP contribution in [-0.2, 0) is 9.59 Å². The summed E-state index contributed by atoms with van der Waals surface area (Å²) in [4.78, 5) is 26.1. The first-order valence-electron chi connectivity index (χ1n) is 7.82. The summed E-state index contributed by atoms with van der Waals surface area (Å²) in [7, 11) is 0. The molecule has 116 valence electrons. The van der Waals surface area contributed by atoms with Gasteiger partial charge in [-0.3, -0.25) is 9.59 Å². The standard InChI is InChI=1S/C15H29N3O2/c1-4-18(5-2)15(20)11(3)17-14(19)13-8-6-12(10-16)7-9-13/h11-13H,4-10,16H2,1-3H3,(H,17,19). The van der Waals surface area contributed by atoms with E-state index in [9.17, 15) is 9.59 Å². The Balaban J connectivity index is 2.44. The number of nitrogens with two attached hydrogens (primary N) is 1. The lowest BCUT2D eigenvalue weighted by Gasteiger charge is -2.29. The first-order valence-corrected chi connectivity index (χ1v) is 7.82. The van der Waals surface area contributed by atoms with Crippen LogP contribution >= 0.6 is 0 Å². The van der Waals surface area contributed by atoms with Gasteiger partial charge in [0.2, 0.25) is 11.8 Å². The van der Waals surface area contributed by atoms with Crippen molar-refractivity contribution in [2.24, 2.45) is 17.6 Å². The molecule has 0 radical (unpaired) electrons. The molecule has 0 aromatic rings. The molecular formula is C15H29N3O2. The van der Waals surface area contributed by atoms with E-state index in [4.69, 9.17) is 5.73 Å². The smallest absolute Gasteiger partial charge is 0.244 e. The molecule has 5 heteroatoms. The molecule has 20 heavy (non-hydrogen) atoms. The SMILES string of the molecule is CCN(CC)C(=O)C(C)NC(=O)C1CCC(CN)CC1. The summed E-state index contributed by atoms with van der Waals surface area (Å²) in [6.45, 7) is 7.73. The molecule has 0 aliphatic heterocycles. The monoisotopic (exact) mass is 283 g/mol. The van der Waals surface area contributed by atoms with Crippen molar-refractivity contribution in [3.05, 3.63) is 0 Å². The van der Waals surface area contributed by atoms with Gasteiger partial charge >= 0.3 is 0 Å². The maximum absolute atomic E-state index is 12.2. The summed E-state index contributed by atoms with van der Waals surface area (Å²) in [5, 5.41) is 2.87. The van der Waals surface area contributed by atoms with Gasteiger partial charge in [0.05, 0.1) is 0 Å².